The van der Waals surface area contributed by atoms with Gasteiger partial charge >= 0.3 is 0 Å². The van der Waals surface area contributed by atoms with Crippen molar-refractivity contribution in [2.45, 2.75) is 6.54 Å². The summed E-state index contributed by atoms with van der Waals surface area (Å²) in [5.74, 6) is 1.27. The first-order valence-corrected chi connectivity index (χ1v) is 5.89. The summed E-state index contributed by atoms with van der Waals surface area (Å²) >= 11 is 0. The Morgan fingerprint density at radius 3 is 3.00 bits per heavy atom. The van der Waals surface area contributed by atoms with Crippen LogP contribution in [0.25, 0.3) is 11.0 Å². The van der Waals surface area contributed by atoms with E-state index in [1.807, 2.05) is 18.2 Å². The normalized spacial score (nSPS) is 10.6. The molecule has 0 saturated carbocycles. The fourth-order valence-corrected chi connectivity index (χ4v) is 1.76. The number of H-pyrrole nitrogens is 1. The number of pyridine rings is 1. The van der Waals surface area contributed by atoms with Gasteiger partial charge in [0.25, 0.3) is 0 Å². The van der Waals surface area contributed by atoms with E-state index in [0.717, 1.165) is 16.9 Å². The molecule has 0 aromatic carbocycles. The minimum absolute atomic E-state index is 0.542. The van der Waals surface area contributed by atoms with Gasteiger partial charge in [-0.2, -0.15) is 15.1 Å². The summed E-state index contributed by atoms with van der Waals surface area (Å²) in [6.07, 6.45) is 3.47. The number of aromatic nitrogens is 5. The van der Waals surface area contributed by atoms with Crippen LogP contribution in [0, 0.1) is 0 Å². The minimum atomic E-state index is 0.542. The molecule has 7 nitrogen and oxygen atoms in total. The highest BCUT2D eigenvalue weighted by Crippen LogP contribution is 2.20. The molecule has 0 radical (unpaired) electrons. The number of anilines is 2. The van der Waals surface area contributed by atoms with Crippen LogP contribution in [0.4, 0.5) is 11.8 Å². The predicted molar refractivity (Wildman–Crippen MR) is 72.8 cm³/mol. The maximum atomic E-state index is 4.39. The molecule has 96 valence electrons. The van der Waals surface area contributed by atoms with Crippen LogP contribution in [0.15, 0.2) is 30.6 Å². The molecular weight excluding hydrogens is 242 g/mol. The first kappa shape index (κ1) is 11.4. The number of nitrogens with one attached hydrogen (secondary N) is 3. The molecule has 19 heavy (non-hydrogen) atoms. The van der Waals surface area contributed by atoms with Crippen LogP contribution < -0.4 is 10.6 Å². The summed E-state index contributed by atoms with van der Waals surface area (Å²) in [5.41, 5.74) is 1.65. The van der Waals surface area contributed by atoms with Crippen LogP contribution >= 0.6 is 0 Å². The van der Waals surface area contributed by atoms with E-state index in [1.54, 1.807) is 19.4 Å². The van der Waals surface area contributed by atoms with Crippen molar-refractivity contribution < 1.29 is 0 Å². The van der Waals surface area contributed by atoms with E-state index < -0.39 is 0 Å². The van der Waals surface area contributed by atoms with E-state index in [9.17, 15) is 0 Å². The molecule has 3 aromatic rings. The standard InChI is InChI=1S/C12H13N7/c1-13-12-17-10(9-7-16-19-11(9)18-12)15-6-8-4-2-3-5-14-8/h2-5,7H,6H2,1H3,(H3,13,15,16,17,18,19). The van der Waals surface area contributed by atoms with Gasteiger partial charge in [-0.1, -0.05) is 6.07 Å². The van der Waals surface area contributed by atoms with Gasteiger partial charge in [0.2, 0.25) is 5.95 Å². The van der Waals surface area contributed by atoms with Crippen LogP contribution in [0.2, 0.25) is 0 Å². The molecule has 0 spiro atoms. The Labute approximate surface area is 109 Å². The highest BCUT2D eigenvalue weighted by molar-refractivity contribution is 5.86. The summed E-state index contributed by atoms with van der Waals surface area (Å²) in [4.78, 5) is 12.9. The van der Waals surface area contributed by atoms with Crippen molar-refractivity contribution in [1.82, 2.24) is 25.1 Å². The minimum Gasteiger partial charge on any atom is -0.364 e. The van der Waals surface area contributed by atoms with Gasteiger partial charge in [0.1, 0.15) is 5.82 Å². The van der Waals surface area contributed by atoms with Gasteiger partial charge in [-0.3, -0.25) is 10.1 Å². The number of rotatable bonds is 4. The second-order valence-electron chi connectivity index (χ2n) is 3.95. The molecular formula is C12H13N7. The van der Waals surface area contributed by atoms with E-state index in [0.29, 0.717) is 18.1 Å². The zero-order valence-corrected chi connectivity index (χ0v) is 10.4. The lowest BCUT2D eigenvalue weighted by molar-refractivity contribution is 1.03. The Balaban J connectivity index is 1.89. The molecule has 3 aromatic heterocycles. The molecule has 0 atom stereocenters. The molecule has 0 saturated heterocycles. The summed E-state index contributed by atoms with van der Waals surface area (Å²) in [6.45, 7) is 0.598. The van der Waals surface area contributed by atoms with Gasteiger partial charge in [0, 0.05) is 13.2 Å². The number of fused-ring (bicyclic) bond motifs is 1. The van der Waals surface area contributed by atoms with Crippen molar-refractivity contribution in [2.24, 2.45) is 0 Å². The van der Waals surface area contributed by atoms with Crippen LogP contribution in [-0.4, -0.2) is 32.2 Å². The Morgan fingerprint density at radius 2 is 2.21 bits per heavy atom. The van der Waals surface area contributed by atoms with E-state index in [-0.39, 0.29) is 0 Å². The third kappa shape index (κ3) is 2.30. The SMILES string of the molecule is CNc1nc(NCc2ccccn2)c2cn[nH]c2n1. The average Bonchev–Trinajstić information content (AvgIpc) is 2.94. The van der Waals surface area contributed by atoms with Crippen LogP contribution in [-0.2, 0) is 6.54 Å². The monoisotopic (exact) mass is 255 g/mol. The fraction of sp³-hybridized carbons (Fsp3) is 0.167. The largest absolute Gasteiger partial charge is 0.364 e. The average molecular weight is 255 g/mol. The molecule has 0 aliphatic carbocycles. The number of aromatic amines is 1. The number of hydrogen-bond donors (Lipinski definition) is 3. The zero-order valence-electron chi connectivity index (χ0n) is 10.4. The summed E-state index contributed by atoms with van der Waals surface area (Å²) in [6, 6.07) is 5.80. The predicted octanol–water partition coefficient (Wildman–Crippen LogP) is 1.40. The van der Waals surface area contributed by atoms with E-state index in [4.69, 9.17) is 0 Å². The van der Waals surface area contributed by atoms with E-state index in [1.165, 1.54) is 0 Å². The Hall–Kier alpha value is -2.70. The molecule has 3 heterocycles. The Bertz CT molecular complexity index is 677. The highest BCUT2D eigenvalue weighted by atomic mass is 15.2. The van der Waals surface area contributed by atoms with Gasteiger partial charge < -0.3 is 10.6 Å². The second-order valence-corrected chi connectivity index (χ2v) is 3.95. The maximum Gasteiger partial charge on any atom is 0.226 e. The van der Waals surface area contributed by atoms with Crippen LogP contribution in [0.3, 0.4) is 0 Å². The van der Waals surface area contributed by atoms with Crippen molar-refractivity contribution in [3.63, 3.8) is 0 Å². The maximum absolute atomic E-state index is 4.39. The second kappa shape index (κ2) is 4.89. The van der Waals surface area contributed by atoms with Crippen LogP contribution in [0.5, 0.6) is 0 Å². The van der Waals surface area contributed by atoms with Crippen molar-refractivity contribution >= 4 is 22.8 Å². The molecule has 3 rings (SSSR count). The van der Waals surface area contributed by atoms with Crippen LogP contribution in [0.1, 0.15) is 5.69 Å². The summed E-state index contributed by atoms with van der Waals surface area (Å²) in [7, 11) is 1.78. The lowest BCUT2D eigenvalue weighted by Crippen LogP contribution is -2.06. The van der Waals surface area contributed by atoms with Gasteiger partial charge in [-0.15, -0.1) is 0 Å². The topological polar surface area (TPSA) is 91.4 Å². The Kier molecular flexibility index (Phi) is 2.93. The summed E-state index contributed by atoms with van der Waals surface area (Å²) < 4.78 is 0. The van der Waals surface area contributed by atoms with E-state index in [2.05, 4.69) is 35.8 Å². The molecule has 7 heteroatoms. The number of hydrogen-bond acceptors (Lipinski definition) is 6. The van der Waals surface area contributed by atoms with Crippen molar-refractivity contribution in [2.75, 3.05) is 17.7 Å². The molecule has 0 bridgehead atoms. The van der Waals surface area contributed by atoms with Crippen molar-refractivity contribution in [3.05, 3.63) is 36.3 Å². The molecule has 0 aliphatic rings. The first-order chi connectivity index (χ1) is 9.36. The molecule has 0 unspecified atom stereocenters. The fourth-order valence-electron chi connectivity index (χ4n) is 1.76. The van der Waals surface area contributed by atoms with Gasteiger partial charge in [-0.05, 0) is 12.1 Å². The van der Waals surface area contributed by atoms with Gasteiger partial charge in [-0.25, -0.2) is 0 Å². The summed E-state index contributed by atoms with van der Waals surface area (Å²) in [5, 5.41) is 13.8. The number of nitrogens with zero attached hydrogens (tertiary/aromatic N) is 4. The molecule has 0 aliphatic heterocycles. The molecule has 0 fully saturated rings. The zero-order chi connectivity index (χ0) is 13.1. The smallest absolute Gasteiger partial charge is 0.226 e. The van der Waals surface area contributed by atoms with Gasteiger partial charge in [0.05, 0.1) is 23.8 Å². The lowest BCUT2D eigenvalue weighted by atomic mass is 10.3. The molecule has 0 amide bonds. The third-order valence-electron chi connectivity index (χ3n) is 2.70. The third-order valence-corrected chi connectivity index (χ3v) is 2.70. The first-order valence-electron chi connectivity index (χ1n) is 5.89. The molecule has 3 N–H and O–H groups in total. The van der Waals surface area contributed by atoms with Crippen molar-refractivity contribution in [3.8, 4) is 0 Å². The lowest BCUT2D eigenvalue weighted by Gasteiger charge is -2.07. The highest BCUT2D eigenvalue weighted by Gasteiger charge is 2.08. The van der Waals surface area contributed by atoms with Gasteiger partial charge in [0.15, 0.2) is 5.65 Å². The van der Waals surface area contributed by atoms with E-state index >= 15 is 0 Å². The van der Waals surface area contributed by atoms with Crippen molar-refractivity contribution in [1.29, 1.82) is 0 Å². The Morgan fingerprint density at radius 1 is 1.26 bits per heavy atom. The quantitative estimate of drug-likeness (QED) is 0.652.